The Morgan fingerprint density at radius 2 is 1.65 bits per heavy atom. The summed E-state index contributed by atoms with van der Waals surface area (Å²) in [6, 6.07) is 10.7. The van der Waals surface area contributed by atoms with Gasteiger partial charge >= 0.3 is 6.61 Å². The molecule has 0 heterocycles. The standard InChI is InChI=1S/C17H18F2N2OS/c1-10-4-5-11(2)15(8-10)21-17(23)20-14-7-6-13(9-12(14)3)22-16(18)19/h4-9,16H,1-3H3,(H2,20,21,23). The summed E-state index contributed by atoms with van der Waals surface area (Å²) in [5.74, 6) is 0.122. The van der Waals surface area contributed by atoms with Gasteiger partial charge in [-0.3, -0.25) is 0 Å². The van der Waals surface area contributed by atoms with Crippen LogP contribution in [0, 0.1) is 20.8 Å². The van der Waals surface area contributed by atoms with Gasteiger partial charge in [0.15, 0.2) is 5.11 Å². The van der Waals surface area contributed by atoms with E-state index in [4.69, 9.17) is 12.2 Å². The van der Waals surface area contributed by atoms with E-state index in [0.29, 0.717) is 5.11 Å². The smallest absolute Gasteiger partial charge is 0.387 e. The Hall–Kier alpha value is -2.21. The first-order valence-electron chi connectivity index (χ1n) is 7.06. The van der Waals surface area contributed by atoms with Crippen LogP contribution in [0.15, 0.2) is 36.4 Å². The molecule has 0 spiro atoms. The van der Waals surface area contributed by atoms with Crippen molar-refractivity contribution in [2.75, 3.05) is 10.6 Å². The predicted octanol–water partition coefficient (Wildman–Crippen LogP) is 5.02. The number of nitrogens with one attached hydrogen (secondary N) is 2. The largest absolute Gasteiger partial charge is 0.435 e. The molecule has 0 aliphatic carbocycles. The number of aryl methyl sites for hydroxylation is 3. The lowest BCUT2D eigenvalue weighted by Crippen LogP contribution is -2.20. The van der Waals surface area contributed by atoms with Gasteiger partial charge in [0, 0.05) is 11.4 Å². The molecule has 0 saturated carbocycles. The van der Waals surface area contributed by atoms with E-state index >= 15 is 0 Å². The topological polar surface area (TPSA) is 33.3 Å². The Morgan fingerprint density at radius 3 is 2.30 bits per heavy atom. The third kappa shape index (κ3) is 4.89. The van der Waals surface area contributed by atoms with Crippen molar-refractivity contribution >= 4 is 28.7 Å². The number of halogens is 2. The minimum Gasteiger partial charge on any atom is -0.435 e. The van der Waals surface area contributed by atoms with Crippen LogP contribution in [0.5, 0.6) is 5.75 Å². The number of hydrogen-bond donors (Lipinski definition) is 2. The molecule has 6 heteroatoms. The molecule has 2 aromatic carbocycles. The molecule has 0 radical (unpaired) electrons. The SMILES string of the molecule is Cc1ccc(C)c(NC(=S)Nc2ccc(OC(F)F)cc2C)c1. The normalized spacial score (nSPS) is 10.5. The maximum atomic E-state index is 12.2. The van der Waals surface area contributed by atoms with E-state index in [1.54, 1.807) is 13.0 Å². The Morgan fingerprint density at radius 1 is 0.957 bits per heavy atom. The Kier molecular flexibility index (Phi) is 5.50. The molecule has 0 aliphatic heterocycles. The van der Waals surface area contributed by atoms with Crippen LogP contribution in [-0.2, 0) is 0 Å². The number of ether oxygens (including phenoxy) is 1. The number of hydrogen-bond acceptors (Lipinski definition) is 2. The minimum atomic E-state index is -2.83. The second-order valence-corrected chi connectivity index (χ2v) is 5.66. The summed E-state index contributed by atoms with van der Waals surface area (Å²) in [5.41, 5.74) is 4.63. The fourth-order valence-electron chi connectivity index (χ4n) is 2.10. The molecule has 0 amide bonds. The third-order valence-corrected chi connectivity index (χ3v) is 3.52. The number of anilines is 2. The van der Waals surface area contributed by atoms with E-state index in [9.17, 15) is 8.78 Å². The average molecular weight is 336 g/mol. The van der Waals surface area contributed by atoms with E-state index in [0.717, 1.165) is 28.1 Å². The van der Waals surface area contributed by atoms with Crippen molar-refractivity contribution in [3.63, 3.8) is 0 Å². The fraction of sp³-hybridized carbons (Fsp3) is 0.235. The fourth-order valence-corrected chi connectivity index (χ4v) is 2.32. The van der Waals surface area contributed by atoms with Crippen LogP contribution in [0.2, 0.25) is 0 Å². The minimum absolute atomic E-state index is 0.122. The number of alkyl halides is 2. The summed E-state index contributed by atoms with van der Waals surface area (Å²) in [5, 5.41) is 6.64. The van der Waals surface area contributed by atoms with E-state index in [2.05, 4.69) is 15.4 Å². The first-order valence-corrected chi connectivity index (χ1v) is 7.46. The molecular weight excluding hydrogens is 318 g/mol. The highest BCUT2D eigenvalue weighted by Crippen LogP contribution is 2.23. The number of rotatable bonds is 4. The third-order valence-electron chi connectivity index (χ3n) is 3.31. The highest BCUT2D eigenvalue weighted by molar-refractivity contribution is 7.80. The molecule has 2 N–H and O–H groups in total. The molecule has 0 aliphatic rings. The van der Waals surface area contributed by atoms with Crippen molar-refractivity contribution in [1.82, 2.24) is 0 Å². The van der Waals surface area contributed by atoms with Gasteiger partial charge < -0.3 is 15.4 Å². The lowest BCUT2D eigenvalue weighted by Gasteiger charge is -2.15. The van der Waals surface area contributed by atoms with Crippen LogP contribution in [-0.4, -0.2) is 11.7 Å². The van der Waals surface area contributed by atoms with E-state index in [-0.39, 0.29) is 5.75 Å². The van der Waals surface area contributed by atoms with Gasteiger partial charge in [0.05, 0.1) is 0 Å². The van der Waals surface area contributed by atoms with Gasteiger partial charge in [-0.05, 0) is 73.9 Å². The lowest BCUT2D eigenvalue weighted by atomic mass is 10.1. The Labute approximate surface area is 139 Å². The first-order chi connectivity index (χ1) is 10.8. The zero-order valence-electron chi connectivity index (χ0n) is 13.1. The summed E-state index contributed by atoms with van der Waals surface area (Å²) in [6.45, 7) is 2.96. The second-order valence-electron chi connectivity index (χ2n) is 5.25. The number of thiocarbonyl (C=S) groups is 1. The van der Waals surface area contributed by atoms with Gasteiger partial charge in [-0.15, -0.1) is 0 Å². The maximum Gasteiger partial charge on any atom is 0.387 e. The summed E-state index contributed by atoms with van der Waals surface area (Å²) < 4.78 is 28.8. The first kappa shape index (κ1) is 17.1. The molecule has 23 heavy (non-hydrogen) atoms. The van der Waals surface area contributed by atoms with Crippen LogP contribution in [0.3, 0.4) is 0 Å². The molecule has 0 atom stereocenters. The van der Waals surface area contributed by atoms with Crippen LogP contribution in [0.25, 0.3) is 0 Å². The molecule has 2 aromatic rings. The molecule has 3 nitrogen and oxygen atoms in total. The molecule has 0 saturated heterocycles. The molecular formula is C17H18F2N2OS. The van der Waals surface area contributed by atoms with E-state index in [1.807, 2.05) is 32.0 Å². The zero-order chi connectivity index (χ0) is 17.0. The van der Waals surface area contributed by atoms with E-state index < -0.39 is 6.61 Å². The predicted molar refractivity (Wildman–Crippen MR) is 93.6 cm³/mol. The summed E-state index contributed by atoms with van der Waals surface area (Å²) in [6.07, 6.45) is 0. The quantitative estimate of drug-likeness (QED) is 0.768. The van der Waals surface area contributed by atoms with Gasteiger partial charge in [0.25, 0.3) is 0 Å². The van der Waals surface area contributed by atoms with Crippen molar-refractivity contribution in [1.29, 1.82) is 0 Å². The van der Waals surface area contributed by atoms with Crippen LogP contribution >= 0.6 is 12.2 Å². The molecule has 0 bridgehead atoms. The molecule has 2 rings (SSSR count). The van der Waals surface area contributed by atoms with Crippen molar-refractivity contribution in [3.05, 3.63) is 53.1 Å². The Balaban J connectivity index is 2.07. The molecule has 0 unspecified atom stereocenters. The molecule has 122 valence electrons. The summed E-state index contributed by atoms with van der Waals surface area (Å²) in [4.78, 5) is 0. The summed E-state index contributed by atoms with van der Waals surface area (Å²) in [7, 11) is 0. The van der Waals surface area contributed by atoms with Gasteiger partial charge in [-0.1, -0.05) is 12.1 Å². The van der Waals surface area contributed by atoms with Crippen molar-refractivity contribution < 1.29 is 13.5 Å². The lowest BCUT2D eigenvalue weighted by molar-refractivity contribution is -0.0498. The van der Waals surface area contributed by atoms with Crippen LogP contribution < -0.4 is 15.4 Å². The van der Waals surface area contributed by atoms with Gasteiger partial charge in [-0.25, -0.2) is 0 Å². The maximum absolute atomic E-state index is 12.2. The average Bonchev–Trinajstić information content (AvgIpc) is 2.45. The van der Waals surface area contributed by atoms with Crippen LogP contribution in [0.1, 0.15) is 16.7 Å². The van der Waals surface area contributed by atoms with E-state index in [1.165, 1.54) is 12.1 Å². The van der Waals surface area contributed by atoms with Crippen molar-refractivity contribution in [3.8, 4) is 5.75 Å². The van der Waals surface area contributed by atoms with Crippen molar-refractivity contribution in [2.45, 2.75) is 27.4 Å². The van der Waals surface area contributed by atoms with Gasteiger partial charge in [0.2, 0.25) is 0 Å². The van der Waals surface area contributed by atoms with Crippen LogP contribution in [0.4, 0.5) is 20.2 Å². The monoisotopic (exact) mass is 336 g/mol. The zero-order valence-corrected chi connectivity index (χ0v) is 13.9. The van der Waals surface area contributed by atoms with Gasteiger partial charge in [-0.2, -0.15) is 8.78 Å². The van der Waals surface area contributed by atoms with Crippen molar-refractivity contribution in [2.24, 2.45) is 0 Å². The second kappa shape index (κ2) is 7.37. The molecule has 0 aromatic heterocycles. The highest BCUT2D eigenvalue weighted by Gasteiger charge is 2.08. The molecule has 0 fully saturated rings. The highest BCUT2D eigenvalue weighted by atomic mass is 32.1. The van der Waals surface area contributed by atoms with Gasteiger partial charge in [0.1, 0.15) is 5.75 Å². The Bertz CT molecular complexity index is 720. The summed E-state index contributed by atoms with van der Waals surface area (Å²) >= 11 is 5.31. The number of benzene rings is 2.